The first kappa shape index (κ1) is 9.02. The number of nitrogens with zero attached hydrogens (tertiary/aromatic N) is 3. The predicted molar refractivity (Wildman–Crippen MR) is 52.1 cm³/mol. The Labute approximate surface area is 86.1 Å². The Bertz CT molecular complexity index is 385. The molecule has 1 heterocycles. The molecule has 0 aliphatic rings. The van der Waals surface area contributed by atoms with Gasteiger partial charge in [0.15, 0.2) is 6.73 Å². The van der Waals surface area contributed by atoms with Gasteiger partial charge in [-0.2, -0.15) is 5.10 Å². The maximum atomic E-state index is 5.73. The first-order valence-electron chi connectivity index (χ1n) is 4.05. The molecule has 14 heavy (non-hydrogen) atoms. The number of halogens is 1. The molecule has 0 amide bonds. The average molecular weight is 210 g/mol. The lowest BCUT2D eigenvalue weighted by atomic mass is 10.3. The Hall–Kier alpha value is -1.55. The topological polar surface area (TPSA) is 39.9 Å². The lowest BCUT2D eigenvalue weighted by Crippen LogP contribution is -2.05. The molecule has 0 fully saturated rings. The predicted octanol–water partition coefficient (Wildman–Crippen LogP) is 1.97. The molecule has 2 rings (SSSR count). The number of ether oxygens (including phenoxy) is 1. The van der Waals surface area contributed by atoms with E-state index in [1.165, 1.54) is 6.33 Å². The molecule has 0 aliphatic heterocycles. The second-order valence-corrected chi connectivity index (χ2v) is 3.10. The lowest BCUT2D eigenvalue weighted by Gasteiger charge is -2.04. The molecule has 0 atom stereocenters. The number of rotatable bonds is 3. The molecule has 1 aromatic heterocycles. The fourth-order valence-electron chi connectivity index (χ4n) is 0.971. The van der Waals surface area contributed by atoms with E-state index in [0.717, 1.165) is 5.75 Å². The van der Waals surface area contributed by atoms with Gasteiger partial charge >= 0.3 is 0 Å². The quantitative estimate of drug-likeness (QED) is 0.776. The minimum Gasteiger partial charge on any atom is -0.471 e. The van der Waals surface area contributed by atoms with Crippen LogP contribution in [0.1, 0.15) is 0 Å². The summed E-state index contributed by atoms with van der Waals surface area (Å²) < 4.78 is 7.00. The minimum atomic E-state index is 0.349. The average Bonchev–Trinajstić information content (AvgIpc) is 2.70. The van der Waals surface area contributed by atoms with Crippen LogP contribution in [0.15, 0.2) is 36.9 Å². The third-order valence-corrected chi connectivity index (χ3v) is 1.90. The van der Waals surface area contributed by atoms with Crippen LogP contribution in [-0.4, -0.2) is 14.8 Å². The van der Waals surface area contributed by atoms with Crippen molar-refractivity contribution in [2.45, 2.75) is 6.73 Å². The van der Waals surface area contributed by atoms with Gasteiger partial charge in [0, 0.05) is 5.02 Å². The maximum Gasteiger partial charge on any atom is 0.182 e. The van der Waals surface area contributed by atoms with Crippen LogP contribution in [0.2, 0.25) is 5.02 Å². The Balaban J connectivity index is 1.95. The second kappa shape index (κ2) is 4.11. The van der Waals surface area contributed by atoms with Crippen LogP contribution >= 0.6 is 11.6 Å². The van der Waals surface area contributed by atoms with E-state index in [0.29, 0.717) is 11.8 Å². The summed E-state index contributed by atoms with van der Waals surface area (Å²) in [5.74, 6) is 0.755. The Kier molecular flexibility index (Phi) is 2.65. The highest BCUT2D eigenvalue weighted by Gasteiger charge is 1.94. The molecule has 1 aromatic carbocycles. The Morgan fingerprint density at radius 1 is 1.29 bits per heavy atom. The first-order valence-corrected chi connectivity index (χ1v) is 4.43. The third-order valence-electron chi connectivity index (χ3n) is 1.64. The fourth-order valence-corrected chi connectivity index (χ4v) is 1.10. The Morgan fingerprint density at radius 2 is 2.07 bits per heavy atom. The minimum absolute atomic E-state index is 0.349. The fraction of sp³-hybridized carbons (Fsp3) is 0.111. The smallest absolute Gasteiger partial charge is 0.182 e. The van der Waals surface area contributed by atoms with Crippen molar-refractivity contribution in [3.05, 3.63) is 41.9 Å². The van der Waals surface area contributed by atoms with Crippen LogP contribution in [0.3, 0.4) is 0 Å². The van der Waals surface area contributed by atoms with Crippen molar-refractivity contribution in [1.29, 1.82) is 0 Å². The van der Waals surface area contributed by atoms with Crippen LogP contribution in [0.4, 0.5) is 0 Å². The highest BCUT2D eigenvalue weighted by molar-refractivity contribution is 6.30. The van der Waals surface area contributed by atoms with Crippen LogP contribution in [0, 0.1) is 0 Å². The number of hydrogen-bond acceptors (Lipinski definition) is 3. The van der Waals surface area contributed by atoms with E-state index in [1.807, 2.05) is 0 Å². The van der Waals surface area contributed by atoms with Gasteiger partial charge in [0.05, 0.1) is 0 Å². The van der Waals surface area contributed by atoms with E-state index in [4.69, 9.17) is 16.3 Å². The van der Waals surface area contributed by atoms with Crippen LogP contribution < -0.4 is 4.74 Å². The summed E-state index contributed by atoms with van der Waals surface area (Å²) in [6.45, 7) is 0.349. The third kappa shape index (κ3) is 2.23. The van der Waals surface area contributed by atoms with Gasteiger partial charge in [-0.25, -0.2) is 9.67 Å². The van der Waals surface area contributed by atoms with Gasteiger partial charge in [-0.3, -0.25) is 0 Å². The highest BCUT2D eigenvalue weighted by Crippen LogP contribution is 2.15. The van der Waals surface area contributed by atoms with Crippen molar-refractivity contribution in [2.24, 2.45) is 0 Å². The Morgan fingerprint density at radius 3 is 2.71 bits per heavy atom. The lowest BCUT2D eigenvalue weighted by molar-refractivity contribution is 0.220. The monoisotopic (exact) mass is 209 g/mol. The second-order valence-electron chi connectivity index (χ2n) is 2.66. The van der Waals surface area contributed by atoms with Gasteiger partial charge in [-0.1, -0.05) is 11.6 Å². The number of aromatic nitrogens is 3. The van der Waals surface area contributed by atoms with E-state index in [-0.39, 0.29) is 0 Å². The van der Waals surface area contributed by atoms with Gasteiger partial charge in [-0.05, 0) is 24.3 Å². The van der Waals surface area contributed by atoms with E-state index >= 15 is 0 Å². The largest absolute Gasteiger partial charge is 0.471 e. The van der Waals surface area contributed by atoms with E-state index < -0.39 is 0 Å². The highest BCUT2D eigenvalue weighted by atomic mass is 35.5. The zero-order chi connectivity index (χ0) is 9.80. The molecule has 0 bridgehead atoms. The number of hydrogen-bond donors (Lipinski definition) is 0. The standard InChI is InChI=1S/C9H8ClN3O/c10-8-1-3-9(4-2-8)14-7-13-6-11-5-12-13/h1-6H,7H2. The van der Waals surface area contributed by atoms with Crippen LogP contribution in [0.25, 0.3) is 0 Å². The summed E-state index contributed by atoms with van der Waals surface area (Å²) in [5, 5.41) is 4.60. The molecular weight excluding hydrogens is 202 g/mol. The first-order chi connectivity index (χ1) is 6.84. The molecular formula is C9H8ClN3O. The van der Waals surface area contributed by atoms with Crippen molar-refractivity contribution in [3.63, 3.8) is 0 Å². The molecule has 0 aliphatic carbocycles. The van der Waals surface area contributed by atoms with Crippen molar-refractivity contribution in [2.75, 3.05) is 0 Å². The van der Waals surface area contributed by atoms with Gasteiger partial charge in [0.2, 0.25) is 0 Å². The SMILES string of the molecule is Clc1ccc(OCn2cncn2)cc1. The molecule has 0 saturated heterocycles. The maximum absolute atomic E-state index is 5.73. The van der Waals surface area contributed by atoms with Gasteiger partial charge < -0.3 is 4.74 Å². The molecule has 4 nitrogen and oxygen atoms in total. The normalized spacial score (nSPS) is 10.1. The number of benzene rings is 1. The molecule has 0 N–H and O–H groups in total. The molecule has 0 radical (unpaired) electrons. The molecule has 0 spiro atoms. The van der Waals surface area contributed by atoms with Crippen LogP contribution in [0.5, 0.6) is 5.75 Å². The summed E-state index contributed by atoms with van der Waals surface area (Å²) in [4.78, 5) is 3.80. The molecule has 0 unspecified atom stereocenters. The van der Waals surface area contributed by atoms with Crippen LogP contribution in [-0.2, 0) is 6.73 Å². The molecule has 5 heteroatoms. The zero-order valence-corrected chi connectivity index (χ0v) is 8.05. The van der Waals surface area contributed by atoms with E-state index in [1.54, 1.807) is 35.3 Å². The van der Waals surface area contributed by atoms with Crippen molar-refractivity contribution >= 4 is 11.6 Å². The summed E-state index contributed by atoms with van der Waals surface area (Å²) in [5.41, 5.74) is 0. The summed E-state index contributed by atoms with van der Waals surface area (Å²) in [6.07, 6.45) is 3.06. The van der Waals surface area contributed by atoms with Crippen molar-refractivity contribution in [1.82, 2.24) is 14.8 Å². The summed E-state index contributed by atoms with van der Waals surface area (Å²) >= 11 is 5.73. The molecule has 72 valence electrons. The summed E-state index contributed by atoms with van der Waals surface area (Å²) in [6, 6.07) is 7.16. The summed E-state index contributed by atoms with van der Waals surface area (Å²) in [7, 11) is 0. The van der Waals surface area contributed by atoms with E-state index in [2.05, 4.69) is 10.1 Å². The van der Waals surface area contributed by atoms with Gasteiger partial charge in [0.25, 0.3) is 0 Å². The van der Waals surface area contributed by atoms with E-state index in [9.17, 15) is 0 Å². The van der Waals surface area contributed by atoms with Gasteiger partial charge in [-0.15, -0.1) is 0 Å². The van der Waals surface area contributed by atoms with Crippen molar-refractivity contribution in [3.8, 4) is 5.75 Å². The van der Waals surface area contributed by atoms with Gasteiger partial charge in [0.1, 0.15) is 18.4 Å². The van der Waals surface area contributed by atoms with Crippen molar-refractivity contribution < 1.29 is 4.74 Å². The zero-order valence-electron chi connectivity index (χ0n) is 7.30. The molecule has 2 aromatic rings. The molecule has 0 saturated carbocycles.